The largest absolute Gasteiger partial charge is 0.353 e. The maximum absolute atomic E-state index is 4.46. The minimum atomic E-state index is 0.732. The van der Waals surface area contributed by atoms with Crippen molar-refractivity contribution in [1.29, 1.82) is 0 Å². The number of nitrogens with one attached hydrogen (secondary N) is 2. The zero-order valence-electron chi connectivity index (χ0n) is 10.7. The molecule has 1 saturated heterocycles. The topological polar surface area (TPSA) is 54.2 Å². The maximum Gasteiger partial charge on any atom is 0.243 e. The molecule has 1 fully saturated rings. The minimum absolute atomic E-state index is 0.732. The van der Waals surface area contributed by atoms with Crippen LogP contribution in [0.1, 0.15) is 18.5 Å². The van der Waals surface area contributed by atoms with Gasteiger partial charge in [-0.1, -0.05) is 6.07 Å². The number of hydrogen-bond acceptors (Lipinski definition) is 4. The number of aryl methyl sites for hydroxylation is 1. The van der Waals surface area contributed by atoms with E-state index in [1.807, 2.05) is 29.6 Å². The molecule has 2 N–H and O–H groups in total. The molecule has 1 aliphatic rings. The number of fused-ring (bicyclic) bond motifs is 1. The molecule has 18 heavy (non-hydrogen) atoms. The monoisotopic (exact) mass is 245 g/mol. The van der Waals surface area contributed by atoms with Crippen molar-refractivity contribution in [3.63, 3.8) is 0 Å². The lowest BCUT2D eigenvalue weighted by Crippen LogP contribution is -2.13. The Hall–Kier alpha value is -1.62. The lowest BCUT2D eigenvalue weighted by Gasteiger charge is -2.07. The van der Waals surface area contributed by atoms with Crippen molar-refractivity contribution >= 4 is 11.6 Å². The van der Waals surface area contributed by atoms with Crippen LogP contribution in [0.25, 0.3) is 5.65 Å². The second-order valence-corrected chi connectivity index (χ2v) is 4.95. The summed E-state index contributed by atoms with van der Waals surface area (Å²) in [5, 5.41) is 11.2. The second kappa shape index (κ2) is 4.94. The summed E-state index contributed by atoms with van der Waals surface area (Å²) in [5.74, 6) is 1.53. The van der Waals surface area contributed by atoms with Crippen LogP contribution in [-0.2, 0) is 0 Å². The second-order valence-electron chi connectivity index (χ2n) is 4.95. The molecule has 5 nitrogen and oxygen atoms in total. The summed E-state index contributed by atoms with van der Waals surface area (Å²) in [6.45, 7) is 5.30. The highest BCUT2D eigenvalue weighted by Crippen LogP contribution is 2.13. The Morgan fingerprint density at radius 1 is 1.50 bits per heavy atom. The van der Waals surface area contributed by atoms with Crippen LogP contribution in [0.5, 0.6) is 0 Å². The summed E-state index contributed by atoms with van der Waals surface area (Å²) >= 11 is 0. The third-order valence-electron chi connectivity index (χ3n) is 3.55. The quantitative estimate of drug-likeness (QED) is 0.856. The van der Waals surface area contributed by atoms with E-state index >= 15 is 0 Å². The van der Waals surface area contributed by atoms with Gasteiger partial charge in [0.1, 0.15) is 0 Å². The molecular formula is C13H19N5. The smallest absolute Gasteiger partial charge is 0.243 e. The van der Waals surface area contributed by atoms with E-state index in [1.165, 1.54) is 12.8 Å². The number of nitrogens with zero attached hydrogens (tertiary/aromatic N) is 3. The molecule has 0 saturated carbocycles. The average molecular weight is 245 g/mol. The molecule has 1 unspecified atom stereocenters. The summed E-state index contributed by atoms with van der Waals surface area (Å²) in [6, 6.07) is 6.02. The Bertz CT molecular complexity index is 527. The van der Waals surface area contributed by atoms with Crippen LogP contribution in [0, 0.1) is 12.8 Å². The van der Waals surface area contributed by atoms with Gasteiger partial charge in [0.25, 0.3) is 0 Å². The van der Waals surface area contributed by atoms with Gasteiger partial charge in [-0.25, -0.2) is 4.52 Å². The number of rotatable bonds is 4. The molecule has 1 atom stereocenters. The summed E-state index contributed by atoms with van der Waals surface area (Å²) in [7, 11) is 0. The maximum atomic E-state index is 4.46. The zero-order chi connectivity index (χ0) is 12.4. The van der Waals surface area contributed by atoms with E-state index in [1.54, 1.807) is 0 Å². The predicted molar refractivity (Wildman–Crippen MR) is 71.8 cm³/mol. The fourth-order valence-electron chi connectivity index (χ4n) is 2.46. The van der Waals surface area contributed by atoms with Crippen LogP contribution in [0.15, 0.2) is 18.2 Å². The van der Waals surface area contributed by atoms with Gasteiger partial charge in [0.15, 0.2) is 5.65 Å². The van der Waals surface area contributed by atoms with Crippen molar-refractivity contribution in [2.45, 2.75) is 19.8 Å². The van der Waals surface area contributed by atoms with Gasteiger partial charge in [0.05, 0.1) is 0 Å². The summed E-state index contributed by atoms with van der Waals surface area (Å²) < 4.78 is 1.87. The highest BCUT2D eigenvalue weighted by atomic mass is 15.3. The summed E-state index contributed by atoms with van der Waals surface area (Å²) in [5.41, 5.74) is 2.01. The fraction of sp³-hybridized carbons (Fsp3) is 0.538. The van der Waals surface area contributed by atoms with E-state index in [2.05, 4.69) is 20.7 Å². The molecular weight excluding hydrogens is 226 g/mol. The molecule has 3 heterocycles. The number of anilines is 1. The van der Waals surface area contributed by atoms with Crippen LogP contribution >= 0.6 is 0 Å². The van der Waals surface area contributed by atoms with Gasteiger partial charge in [-0.3, -0.25) is 0 Å². The summed E-state index contributed by atoms with van der Waals surface area (Å²) in [6.07, 6.45) is 2.47. The van der Waals surface area contributed by atoms with Crippen LogP contribution in [-0.4, -0.2) is 34.2 Å². The molecule has 2 aromatic heterocycles. The first-order valence-electron chi connectivity index (χ1n) is 6.60. The van der Waals surface area contributed by atoms with Gasteiger partial charge in [-0.15, -0.1) is 5.10 Å². The van der Waals surface area contributed by atoms with Gasteiger partial charge < -0.3 is 10.6 Å². The number of pyridine rings is 1. The molecule has 96 valence electrons. The van der Waals surface area contributed by atoms with E-state index in [4.69, 9.17) is 0 Å². The molecule has 0 bridgehead atoms. The third-order valence-corrected chi connectivity index (χ3v) is 3.55. The Morgan fingerprint density at radius 2 is 2.44 bits per heavy atom. The van der Waals surface area contributed by atoms with Crippen molar-refractivity contribution in [1.82, 2.24) is 19.9 Å². The first kappa shape index (κ1) is 11.5. The molecule has 0 radical (unpaired) electrons. The molecule has 0 aromatic carbocycles. The minimum Gasteiger partial charge on any atom is -0.353 e. The lowest BCUT2D eigenvalue weighted by molar-refractivity contribution is 0.548. The molecule has 0 spiro atoms. The predicted octanol–water partition coefficient (Wildman–Crippen LogP) is 1.45. The molecule has 2 aromatic rings. The molecule has 1 aliphatic heterocycles. The van der Waals surface area contributed by atoms with E-state index in [-0.39, 0.29) is 0 Å². The van der Waals surface area contributed by atoms with E-state index in [9.17, 15) is 0 Å². The van der Waals surface area contributed by atoms with Gasteiger partial charge in [0, 0.05) is 12.2 Å². The van der Waals surface area contributed by atoms with E-state index in [0.29, 0.717) is 0 Å². The highest BCUT2D eigenvalue weighted by molar-refractivity contribution is 5.44. The SMILES string of the molecule is Cc1cccc2nc(NCCC3CCNC3)nn12. The Kier molecular flexibility index (Phi) is 3.15. The summed E-state index contributed by atoms with van der Waals surface area (Å²) in [4.78, 5) is 4.46. The van der Waals surface area contributed by atoms with Crippen LogP contribution in [0.2, 0.25) is 0 Å². The van der Waals surface area contributed by atoms with Crippen LogP contribution in [0.3, 0.4) is 0 Å². The Morgan fingerprint density at radius 3 is 3.22 bits per heavy atom. The molecule has 5 heteroatoms. The third kappa shape index (κ3) is 2.31. The number of aromatic nitrogens is 3. The van der Waals surface area contributed by atoms with Crippen LogP contribution in [0.4, 0.5) is 5.95 Å². The fourth-order valence-corrected chi connectivity index (χ4v) is 2.46. The van der Waals surface area contributed by atoms with Crippen molar-refractivity contribution < 1.29 is 0 Å². The molecule has 0 amide bonds. The first-order valence-corrected chi connectivity index (χ1v) is 6.60. The first-order chi connectivity index (χ1) is 8.83. The van der Waals surface area contributed by atoms with Crippen molar-refractivity contribution in [3.05, 3.63) is 23.9 Å². The molecule has 0 aliphatic carbocycles. The average Bonchev–Trinajstić information content (AvgIpc) is 2.98. The number of hydrogen-bond donors (Lipinski definition) is 2. The van der Waals surface area contributed by atoms with Gasteiger partial charge in [-0.05, 0) is 50.9 Å². The normalized spacial score (nSPS) is 19.5. The van der Waals surface area contributed by atoms with E-state index < -0.39 is 0 Å². The van der Waals surface area contributed by atoms with Gasteiger partial charge in [0.2, 0.25) is 5.95 Å². The van der Waals surface area contributed by atoms with Crippen molar-refractivity contribution in [2.24, 2.45) is 5.92 Å². The van der Waals surface area contributed by atoms with Gasteiger partial charge in [-0.2, -0.15) is 4.98 Å². The Labute approximate surface area is 107 Å². The lowest BCUT2D eigenvalue weighted by atomic mass is 10.1. The van der Waals surface area contributed by atoms with Crippen molar-refractivity contribution in [2.75, 3.05) is 25.0 Å². The highest BCUT2D eigenvalue weighted by Gasteiger charge is 2.13. The Balaban J connectivity index is 1.62. The molecule has 3 rings (SSSR count). The van der Waals surface area contributed by atoms with E-state index in [0.717, 1.165) is 42.8 Å². The standard InChI is InChI=1S/C13H19N5/c1-10-3-2-4-12-16-13(17-18(10)12)15-8-6-11-5-7-14-9-11/h2-4,11,14H,5-9H2,1H3,(H,15,17). The van der Waals surface area contributed by atoms with Gasteiger partial charge >= 0.3 is 0 Å². The zero-order valence-corrected chi connectivity index (χ0v) is 10.7. The van der Waals surface area contributed by atoms with Crippen molar-refractivity contribution in [3.8, 4) is 0 Å². The van der Waals surface area contributed by atoms with Crippen LogP contribution < -0.4 is 10.6 Å².